The number of Topliss-reactive ketones (excluding diaryl/α,β-unsaturated/α-hetero) is 2. The molecule has 1 atom stereocenters. The molecule has 0 amide bonds. The van der Waals surface area contributed by atoms with E-state index in [1.165, 1.54) is 0 Å². The van der Waals surface area contributed by atoms with Gasteiger partial charge in [-0.2, -0.15) is 0 Å². The normalized spacial score (nSPS) is 17.0. The summed E-state index contributed by atoms with van der Waals surface area (Å²) in [6, 6.07) is 14.9. The summed E-state index contributed by atoms with van der Waals surface area (Å²) < 4.78 is 1.78. The zero-order valence-electron chi connectivity index (χ0n) is 13.7. The second-order valence-electron chi connectivity index (χ2n) is 6.26. The SMILES string of the molecule is O=C(C[C@@H]1CCCC=C1C(=O)c1cccc(Br)c1)c1cccc(Br)c1. The van der Waals surface area contributed by atoms with Gasteiger partial charge in [-0.25, -0.2) is 0 Å². The van der Waals surface area contributed by atoms with Crippen molar-refractivity contribution in [2.75, 3.05) is 0 Å². The van der Waals surface area contributed by atoms with E-state index in [0.29, 0.717) is 17.5 Å². The van der Waals surface area contributed by atoms with Gasteiger partial charge in [0.25, 0.3) is 0 Å². The Morgan fingerprint density at radius 1 is 0.960 bits per heavy atom. The van der Waals surface area contributed by atoms with Crippen LogP contribution in [0.4, 0.5) is 0 Å². The number of rotatable bonds is 5. The molecule has 0 bridgehead atoms. The minimum atomic E-state index is -0.00767. The van der Waals surface area contributed by atoms with Gasteiger partial charge in [-0.1, -0.05) is 62.2 Å². The number of halogens is 2. The molecule has 1 aliphatic rings. The van der Waals surface area contributed by atoms with Crippen LogP contribution in [0.3, 0.4) is 0 Å². The maximum absolute atomic E-state index is 12.9. The summed E-state index contributed by atoms with van der Waals surface area (Å²) in [7, 11) is 0. The number of hydrogen-bond donors (Lipinski definition) is 0. The lowest BCUT2D eigenvalue weighted by Crippen LogP contribution is -2.20. The molecule has 1 aliphatic carbocycles. The van der Waals surface area contributed by atoms with E-state index in [4.69, 9.17) is 0 Å². The fraction of sp³-hybridized carbons (Fsp3) is 0.238. The Bertz CT molecular complexity index is 839. The number of ketones is 2. The van der Waals surface area contributed by atoms with Crippen LogP contribution in [0.25, 0.3) is 0 Å². The number of hydrogen-bond acceptors (Lipinski definition) is 2. The fourth-order valence-electron chi connectivity index (χ4n) is 3.23. The Morgan fingerprint density at radius 3 is 2.28 bits per heavy atom. The molecule has 0 spiro atoms. The van der Waals surface area contributed by atoms with Crippen molar-refractivity contribution < 1.29 is 9.59 Å². The van der Waals surface area contributed by atoms with Gasteiger partial charge in [-0.05, 0) is 55.0 Å². The van der Waals surface area contributed by atoms with Crippen LogP contribution in [0.1, 0.15) is 46.4 Å². The maximum Gasteiger partial charge on any atom is 0.189 e. The summed E-state index contributed by atoms with van der Waals surface area (Å²) in [6.45, 7) is 0. The van der Waals surface area contributed by atoms with Gasteiger partial charge in [-0.3, -0.25) is 9.59 Å². The summed E-state index contributed by atoms with van der Waals surface area (Å²) in [5.74, 6) is 0.112. The maximum atomic E-state index is 12.9. The predicted octanol–water partition coefficient (Wildman–Crippen LogP) is 6.39. The van der Waals surface area contributed by atoms with E-state index in [0.717, 1.165) is 33.8 Å². The lowest BCUT2D eigenvalue weighted by molar-refractivity contribution is 0.0953. The van der Waals surface area contributed by atoms with Crippen molar-refractivity contribution in [1.29, 1.82) is 0 Å². The topological polar surface area (TPSA) is 34.1 Å². The quantitative estimate of drug-likeness (QED) is 0.483. The summed E-state index contributed by atoms with van der Waals surface area (Å²) in [6.07, 6.45) is 5.20. The number of carbonyl (C=O) groups is 2. The largest absolute Gasteiger partial charge is 0.294 e. The molecule has 0 unspecified atom stereocenters. The lowest BCUT2D eigenvalue weighted by Gasteiger charge is -2.23. The summed E-state index contributed by atoms with van der Waals surface area (Å²) >= 11 is 6.82. The molecular weight excluding hydrogens is 444 g/mol. The molecule has 2 aromatic carbocycles. The van der Waals surface area contributed by atoms with Gasteiger partial charge in [0.2, 0.25) is 0 Å². The summed E-state index contributed by atoms with van der Waals surface area (Å²) in [5.41, 5.74) is 2.14. The van der Waals surface area contributed by atoms with Crippen LogP contribution in [-0.2, 0) is 0 Å². The van der Waals surface area contributed by atoms with E-state index >= 15 is 0 Å². The lowest BCUT2D eigenvalue weighted by atomic mass is 9.80. The van der Waals surface area contributed by atoms with Gasteiger partial charge >= 0.3 is 0 Å². The Labute approximate surface area is 164 Å². The first kappa shape index (κ1) is 18.3. The summed E-state index contributed by atoms with van der Waals surface area (Å²) in [5, 5.41) is 0. The van der Waals surface area contributed by atoms with Gasteiger partial charge in [0.05, 0.1) is 0 Å². The molecule has 0 aromatic heterocycles. The van der Waals surface area contributed by atoms with Crippen LogP contribution in [0, 0.1) is 5.92 Å². The van der Waals surface area contributed by atoms with Gasteiger partial charge in [0, 0.05) is 26.5 Å². The smallest absolute Gasteiger partial charge is 0.189 e. The third-order valence-corrected chi connectivity index (χ3v) is 5.47. The molecule has 4 heteroatoms. The minimum Gasteiger partial charge on any atom is -0.294 e. The first-order chi connectivity index (χ1) is 12.0. The van der Waals surface area contributed by atoms with Crippen LogP contribution >= 0.6 is 31.9 Å². The fourth-order valence-corrected chi connectivity index (χ4v) is 4.03. The molecule has 2 nitrogen and oxygen atoms in total. The number of allylic oxidation sites excluding steroid dienone is 2. The van der Waals surface area contributed by atoms with E-state index in [-0.39, 0.29) is 17.5 Å². The Balaban J connectivity index is 1.80. The molecular formula is C21H18Br2O2. The molecule has 2 aromatic rings. The van der Waals surface area contributed by atoms with E-state index in [1.807, 2.05) is 54.6 Å². The van der Waals surface area contributed by atoms with Crippen molar-refractivity contribution in [3.05, 3.63) is 80.3 Å². The van der Waals surface area contributed by atoms with E-state index in [2.05, 4.69) is 31.9 Å². The minimum absolute atomic E-state index is 0.00767. The molecule has 0 N–H and O–H groups in total. The zero-order valence-corrected chi connectivity index (χ0v) is 16.8. The average molecular weight is 462 g/mol. The highest BCUT2D eigenvalue weighted by atomic mass is 79.9. The number of carbonyl (C=O) groups excluding carboxylic acids is 2. The van der Waals surface area contributed by atoms with Gasteiger partial charge in [0.15, 0.2) is 11.6 Å². The molecule has 25 heavy (non-hydrogen) atoms. The Kier molecular flexibility index (Phi) is 6.02. The molecule has 0 radical (unpaired) electrons. The average Bonchev–Trinajstić information content (AvgIpc) is 2.61. The van der Waals surface area contributed by atoms with Crippen molar-refractivity contribution in [3.8, 4) is 0 Å². The summed E-state index contributed by atoms with van der Waals surface area (Å²) in [4.78, 5) is 25.6. The van der Waals surface area contributed by atoms with E-state index in [1.54, 1.807) is 0 Å². The van der Waals surface area contributed by atoms with E-state index < -0.39 is 0 Å². The van der Waals surface area contributed by atoms with Crippen LogP contribution < -0.4 is 0 Å². The van der Waals surface area contributed by atoms with Crippen molar-refractivity contribution in [2.24, 2.45) is 5.92 Å². The molecule has 0 saturated carbocycles. The van der Waals surface area contributed by atoms with Crippen LogP contribution in [0.15, 0.2) is 69.1 Å². The van der Waals surface area contributed by atoms with Gasteiger partial charge < -0.3 is 0 Å². The second-order valence-corrected chi connectivity index (χ2v) is 8.10. The van der Waals surface area contributed by atoms with E-state index in [9.17, 15) is 9.59 Å². The highest BCUT2D eigenvalue weighted by Crippen LogP contribution is 2.32. The van der Waals surface area contributed by atoms with Gasteiger partial charge in [0.1, 0.15) is 0 Å². The van der Waals surface area contributed by atoms with Crippen molar-refractivity contribution in [2.45, 2.75) is 25.7 Å². The van der Waals surface area contributed by atoms with Crippen molar-refractivity contribution in [1.82, 2.24) is 0 Å². The first-order valence-electron chi connectivity index (χ1n) is 8.33. The Morgan fingerprint density at radius 2 is 1.60 bits per heavy atom. The highest BCUT2D eigenvalue weighted by molar-refractivity contribution is 9.10. The third kappa shape index (κ3) is 4.56. The van der Waals surface area contributed by atoms with Crippen molar-refractivity contribution in [3.63, 3.8) is 0 Å². The van der Waals surface area contributed by atoms with Crippen molar-refractivity contribution >= 4 is 43.4 Å². The first-order valence-corrected chi connectivity index (χ1v) is 9.92. The number of benzene rings is 2. The predicted molar refractivity (Wildman–Crippen MR) is 107 cm³/mol. The zero-order chi connectivity index (χ0) is 17.8. The highest BCUT2D eigenvalue weighted by Gasteiger charge is 2.26. The second kappa shape index (κ2) is 8.24. The van der Waals surface area contributed by atoms with Crippen LogP contribution in [-0.4, -0.2) is 11.6 Å². The molecule has 3 rings (SSSR count). The third-order valence-electron chi connectivity index (χ3n) is 4.49. The van der Waals surface area contributed by atoms with Crippen LogP contribution in [0.2, 0.25) is 0 Å². The molecule has 128 valence electrons. The molecule has 0 heterocycles. The molecule has 0 saturated heterocycles. The molecule has 0 aliphatic heterocycles. The Hall–Kier alpha value is -1.52. The monoisotopic (exact) mass is 460 g/mol. The standard InChI is InChI=1S/C21H18Br2O2/c22-17-8-3-6-15(11-17)20(24)13-14-5-1-2-10-19(14)21(25)16-7-4-9-18(23)12-16/h3-4,6-12,14H,1-2,5,13H2/t14-/m0/s1. The van der Waals surface area contributed by atoms with Gasteiger partial charge in [-0.15, -0.1) is 0 Å². The van der Waals surface area contributed by atoms with Crippen LogP contribution in [0.5, 0.6) is 0 Å². The molecule has 0 fully saturated rings.